The van der Waals surface area contributed by atoms with E-state index in [-0.39, 0.29) is 5.82 Å². The second-order valence-electron chi connectivity index (χ2n) is 4.98. The van der Waals surface area contributed by atoms with Crippen molar-refractivity contribution in [3.63, 3.8) is 0 Å². The van der Waals surface area contributed by atoms with E-state index >= 15 is 0 Å². The number of rotatable bonds is 2. The Morgan fingerprint density at radius 1 is 1.35 bits per heavy atom. The van der Waals surface area contributed by atoms with Crippen molar-refractivity contribution in [3.05, 3.63) is 23.1 Å². The van der Waals surface area contributed by atoms with E-state index in [0.29, 0.717) is 16.9 Å². The van der Waals surface area contributed by atoms with E-state index in [9.17, 15) is 4.39 Å². The molecule has 2 nitrogen and oxygen atoms in total. The summed E-state index contributed by atoms with van der Waals surface area (Å²) >= 11 is 5.71. The van der Waals surface area contributed by atoms with Crippen LogP contribution >= 0.6 is 11.6 Å². The van der Waals surface area contributed by atoms with Crippen LogP contribution in [-0.4, -0.2) is 18.1 Å². The Hall–Kier alpha value is -0.830. The highest BCUT2D eigenvalue weighted by Crippen LogP contribution is 2.29. The molecule has 0 amide bonds. The molecule has 0 saturated heterocycles. The van der Waals surface area contributed by atoms with Crippen LogP contribution in [0.3, 0.4) is 0 Å². The van der Waals surface area contributed by atoms with Crippen molar-refractivity contribution in [2.75, 3.05) is 11.9 Å². The molecule has 0 spiro atoms. The first kappa shape index (κ1) is 12.6. The third-order valence-electron chi connectivity index (χ3n) is 3.66. The van der Waals surface area contributed by atoms with Crippen LogP contribution in [-0.2, 0) is 0 Å². The van der Waals surface area contributed by atoms with Gasteiger partial charge in [-0.15, -0.1) is 0 Å². The number of pyridine rings is 1. The van der Waals surface area contributed by atoms with Gasteiger partial charge in [0.2, 0.25) is 0 Å². The molecule has 1 fully saturated rings. The van der Waals surface area contributed by atoms with Crippen molar-refractivity contribution in [2.45, 2.75) is 38.6 Å². The summed E-state index contributed by atoms with van der Waals surface area (Å²) in [7, 11) is 1.92. The van der Waals surface area contributed by atoms with Gasteiger partial charge in [-0.2, -0.15) is 0 Å². The quantitative estimate of drug-likeness (QED) is 0.798. The molecule has 17 heavy (non-hydrogen) atoms. The molecule has 1 saturated carbocycles. The van der Waals surface area contributed by atoms with Crippen LogP contribution in [0.4, 0.5) is 10.2 Å². The van der Waals surface area contributed by atoms with E-state index < -0.39 is 0 Å². The molecule has 0 aliphatic heterocycles. The van der Waals surface area contributed by atoms with Crippen LogP contribution in [0, 0.1) is 11.7 Å². The number of anilines is 1. The van der Waals surface area contributed by atoms with Gasteiger partial charge >= 0.3 is 0 Å². The van der Waals surface area contributed by atoms with Gasteiger partial charge in [-0.3, -0.25) is 0 Å². The molecule has 0 atom stereocenters. The summed E-state index contributed by atoms with van der Waals surface area (Å²) in [6, 6.07) is 1.72. The zero-order valence-corrected chi connectivity index (χ0v) is 11.0. The van der Waals surface area contributed by atoms with Crippen molar-refractivity contribution in [2.24, 2.45) is 5.92 Å². The van der Waals surface area contributed by atoms with Crippen LogP contribution in [0.1, 0.15) is 32.6 Å². The summed E-state index contributed by atoms with van der Waals surface area (Å²) in [6.45, 7) is 2.28. The standard InChI is InChI=1S/C13H18ClFN2/c1-9-3-5-11(6-4-9)17(2)13-12(15)7-10(14)8-16-13/h7-9,11H,3-6H2,1-2H3. The van der Waals surface area contributed by atoms with Crippen LogP contribution in [0.25, 0.3) is 0 Å². The number of hydrogen-bond donors (Lipinski definition) is 0. The summed E-state index contributed by atoms with van der Waals surface area (Å²) < 4.78 is 13.7. The second kappa shape index (κ2) is 5.21. The van der Waals surface area contributed by atoms with Gasteiger partial charge in [-0.05, 0) is 37.7 Å². The van der Waals surface area contributed by atoms with Gasteiger partial charge in [0.05, 0.1) is 5.02 Å². The minimum Gasteiger partial charge on any atom is -0.354 e. The Balaban J connectivity index is 2.11. The van der Waals surface area contributed by atoms with E-state index in [2.05, 4.69) is 11.9 Å². The maximum absolute atomic E-state index is 13.7. The van der Waals surface area contributed by atoms with Crippen LogP contribution in [0.5, 0.6) is 0 Å². The maximum atomic E-state index is 13.7. The minimum absolute atomic E-state index is 0.335. The van der Waals surface area contributed by atoms with Gasteiger partial charge in [-0.25, -0.2) is 9.37 Å². The van der Waals surface area contributed by atoms with Crippen molar-refractivity contribution >= 4 is 17.4 Å². The van der Waals surface area contributed by atoms with Crippen molar-refractivity contribution in [1.82, 2.24) is 4.98 Å². The minimum atomic E-state index is -0.335. The molecular formula is C13H18ClFN2. The van der Waals surface area contributed by atoms with Crippen LogP contribution in [0.2, 0.25) is 5.02 Å². The summed E-state index contributed by atoms with van der Waals surface area (Å²) in [5.74, 6) is 0.871. The largest absolute Gasteiger partial charge is 0.354 e. The van der Waals surface area contributed by atoms with Gasteiger partial charge in [0.25, 0.3) is 0 Å². The average molecular weight is 257 g/mol. The molecule has 2 rings (SSSR count). The lowest BCUT2D eigenvalue weighted by molar-refractivity contribution is 0.338. The first-order chi connectivity index (χ1) is 8.08. The number of nitrogens with zero attached hydrogens (tertiary/aromatic N) is 2. The Morgan fingerprint density at radius 2 is 2.00 bits per heavy atom. The van der Waals surface area contributed by atoms with Crippen molar-refractivity contribution in [1.29, 1.82) is 0 Å². The Labute approximate surface area is 107 Å². The molecule has 0 aromatic carbocycles. The van der Waals surface area contributed by atoms with E-state index in [4.69, 9.17) is 11.6 Å². The lowest BCUT2D eigenvalue weighted by Crippen LogP contribution is -2.35. The highest BCUT2D eigenvalue weighted by atomic mass is 35.5. The smallest absolute Gasteiger partial charge is 0.167 e. The molecule has 0 unspecified atom stereocenters. The summed E-state index contributed by atoms with van der Waals surface area (Å²) in [5.41, 5.74) is 0. The van der Waals surface area contributed by atoms with E-state index in [1.807, 2.05) is 11.9 Å². The molecule has 1 aromatic rings. The summed E-state index contributed by atoms with van der Waals surface area (Å²) in [5, 5.41) is 0.344. The van der Waals surface area contributed by atoms with Gasteiger partial charge in [0.1, 0.15) is 0 Å². The average Bonchev–Trinajstić information content (AvgIpc) is 2.29. The fourth-order valence-electron chi connectivity index (χ4n) is 2.47. The normalized spacial score (nSPS) is 24.7. The highest BCUT2D eigenvalue weighted by Gasteiger charge is 2.24. The van der Waals surface area contributed by atoms with Crippen molar-refractivity contribution in [3.8, 4) is 0 Å². The highest BCUT2D eigenvalue weighted by molar-refractivity contribution is 6.30. The first-order valence-corrected chi connectivity index (χ1v) is 6.49. The Bertz CT molecular complexity index is 389. The number of hydrogen-bond acceptors (Lipinski definition) is 2. The molecule has 1 aromatic heterocycles. The van der Waals surface area contributed by atoms with E-state index in [1.54, 1.807) is 0 Å². The lowest BCUT2D eigenvalue weighted by atomic mass is 9.87. The summed E-state index contributed by atoms with van der Waals surface area (Å²) in [6.07, 6.45) is 6.15. The molecule has 94 valence electrons. The molecule has 4 heteroatoms. The van der Waals surface area contributed by atoms with Crippen LogP contribution in [0.15, 0.2) is 12.3 Å². The molecule has 1 aliphatic carbocycles. The second-order valence-corrected chi connectivity index (χ2v) is 5.42. The third kappa shape index (κ3) is 2.89. The molecule has 0 bridgehead atoms. The van der Waals surface area contributed by atoms with Crippen molar-refractivity contribution < 1.29 is 4.39 Å². The predicted octanol–water partition coefficient (Wildman–Crippen LogP) is 3.89. The van der Waals surface area contributed by atoms with E-state index in [1.165, 1.54) is 25.1 Å². The zero-order chi connectivity index (χ0) is 12.4. The SMILES string of the molecule is CC1CCC(N(C)c2ncc(Cl)cc2F)CC1. The van der Waals surface area contributed by atoms with Gasteiger partial charge in [-0.1, -0.05) is 18.5 Å². The van der Waals surface area contributed by atoms with Gasteiger partial charge in [0.15, 0.2) is 11.6 Å². The number of halogens is 2. The third-order valence-corrected chi connectivity index (χ3v) is 3.86. The Morgan fingerprint density at radius 3 is 2.59 bits per heavy atom. The predicted molar refractivity (Wildman–Crippen MR) is 69.0 cm³/mol. The molecular weight excluding hydrogens is 239 g/mol. The number of aromatic nitrogens is 1. The van der Waals surface area contributed by atoms with Gasteiger partial charge < -0.3 is 4.90 Å². The first-order valence-electron chi connectivity index (χ1n) is 6.12. The molecule has 0 radical (unpaired) electrons. The fraction of sp³-hybridized carbons (Fsp3) is 0.615. The fourth-order valence-corrected chi connectivity index (χ4v) is 2.61. The Kier molecular flexibility index (Phi) is 3.87. The molecule has 0 N–H and O–H groups in total. The summed E-state index contributed by atoms with van der Waals surface area (Å²) in [4.78, 5) is 6.05. The molecule has 1 heterocycles. The molecule has 1 aliphatic rings. The maximum Gasteiger partial charge on any atom is 0.167 e. The van der Waals surface area contributed by atoms with Gasteiger partial charge in [0, 0.05) is 19.3 Å². The zero-order valence-electron chi connectivity index (χ0n) is 10.3. The monoisotopic (exact) mass is 256 g/mol. The topological polar surface area (TPSA) is 16.1 Å². The van der Waals surface area contributed by atoms with Crippen LogP contribution < -0.4 is 4.90 Å². The lowest BCUT2D eigenvalue weighted by Gasteiger charge is -2.34. The van der Waals surface area contributed by atoms with E-state index in [0.717, 1.165) is 18.8 Å².